The SMILES string of the molecule is CCCOc1ccc(OC)cc1-c1ccc(C(=O)O)c(COc2cc(C)ccc2C)n1. The number of aryl methyl sites for hydroxylation is 2. The molecule has 0 aliphatic carbocycles. The van der Waals surface area contributed by atoms with Gasteiger partial charge in [0, 0.05) is 5.56 Å². The Labute approximate surface area is 182 Å². The molecular weight excluding hydrogens is 394 g/mol. The summed E-state index contributed by atoms with van der Waals surface area (Å²) >= 11 is 0. The maximum absolute atomic E-state index is 11.8. The van der Waals surface area contributed by atoms with Crippen LogP contribution in [0.25, 0.3) is 11.3 Å². The molecule has 0 amide bonds. The normalized spacial score (nSPS) is 10.6. The van der Waals surface area contributed by atoms with Gasteiger partial charge < -0.3 is 19.3 Å². The third-order valence-corrected chi connectivity index (χ3v) is 4.84. The Morgan fingerprint density at radius 1 is 1.00 bits per heavy atom. The highest BCUT2D eigenvalue weighted by atomic mass is 16.5. The lowest BCUT2D eigenvalue weighted by Gasteiger charge is -2.15. The van der Waals surface area contributed by atoms with Gasteiger partial charge in [0.05, 0.1) is 30.7 Å². The van der Waals surface area contributed by atoms with Gasteiger partial charge >= 0.3 is 5.97 Å². The van der Waals surface area contributed by atoms with Crippen LogP contribution in [0.2, 0.25) is 0 Å². The summed E-state index contributed by atoms with van der Waals surface area (Å²) in [6.45, 7) is 6.56. The topological polar surface area (TPSA) is 77.9 Å². The number of hydrogen-bond donors (Lipinski definition) is 1. The predicted molar refractivity (Wildman–Crippen MR) is 119 cm³/mol. The van der Waals surface area contributed by atoms with Crippen LogP contribution in [0.15, 0.2) is 48.5 Å². The predicted octanol–water partition coefficient (Wildman–Crippen LogP) is 5.44. The van der Waals surface area contributed by atoms with Gasteiger partial charge in [-0.3, -0.25) is 0 Å². The van der Waals surface area contributed by atoms with Crippen molar-refractivity contribution in [2.45, 2.75) is 33.8 Å². The molecule has 1 aromatic heterocycles. The minimum Gasteiger partial charge on any atom is -0.497 e. The molecule has 6 heteroatoms. The zero-order chi connectivity index (χ0) is 22.4. The number of ether oxygens (including phenoxy) is 3. The van der Waals surface area contributed by atoms with Crippen LogP contribution in [0.3, 0.4) is 0 Å². The minimum atomic E-state index is -1.05. The first-order chi connectivity index (χ1) is 14.9. The fourth-order valence-electron chi connectivity index (χ4n) is 3.14. The molecule has 0 aliphatic heterocycles. The second kappa shape index (κ2) is 9.98. The van der Waals surface area contributed by atoms with Gasteiger partial charge in [0.15, 0.2) is 0 Å². The van der Waals surface area contributed by atoms with Crippen LogP contribution in [-0.2, 0) is 6.61 Å². The van der Waals surface area contributed by atoms with Crippen molar-refractivity contribution in [1.82, 2.24) is 4.98 Å². The molecule has 6 nitrogen and oxygen atoms in total. The maximum atomic E-state index is 11.8. The first kappa shape index (κ1) is 22.2. The van der Waals surface area contributed by atoms with Crippen molar-refractivity contribution in [1.29, 1.82) is 0 Å². The molecule has 1 N–H and O–H groups in total. The summed E-state index contributed by atoms with van der Waals surface area (Å²) in [4.78, 5) is 16.4. The fourth-order valence-corrected chi connectivity index (χ4v) is 3.14. The summed E-state index contributed by atoms with van der Waals surface area (Å²) in [5.41, 5.74) is 3.81. The average molecular weight is 421 g/mol. The largest absolute Gasteiger partial charge is 0.497 e. The Morgan fingerprint density at radius 2 is 1.81 bits per heavy atom. The lowest BCUT2D eigenvalue weighted by molar-refractivity contribution is 0.0693. The highest BCUT2D eigenvalue weighted by Crippen LogP contribution is 2.33. The van der Waals surface area contributed by atoms with Crippen molar-refractivity contribution in [3.63, 3.8) is 0 Å². The van der Waals surface area contributed by atoms with Gasteiger partial charge in [0.2, 0.25) is 0 Å². The monoisotopic (exact) mass is 421 g/mol. The zero-order valence-corrected chi connectivity index (χ0v) is 18.3. The van der Waals surface area contributed by atoms with Gasteiger partial charge in [0.1, 0.15) is 23.9 Å². The number of carboxylic acid groups (broad SMARTS) is 1. The maximum Gasteiger partial charge on any atom is 0.337 e. The minimum absolute atomic E-state index is 0.0366. The van der Waals surface area contributed by atoms with Gasteiger partial charge in [-0.2, -0.15) is 0 Å². The second-order valence-corrected chi connectivity index (χ2v) is 7.26. The number of carbonyl (C=O) groups is 1. The molecule has 0 fully saturated rings. The third kappa shape index (κ3) is 5.34. The van der Waals surface area contributed by atoms with Crippen LogP contribution < -0.4 is 14.2 Å². The van der Waals surface area contributed by atoms with Crippen LogP contribution in [0.1, 0.15) is 40.5 Å². The number of carboxylic acids is 1. The smallest absolute Gasteiger partial charge is 0.337 e. The Hall–Kier alpha value is -3.54. The zero-order valence-electron chi connectivity index (χ0n) is 18.3. The summed E-state index contributed by atoms with van der Waals surface area (Å²) in [5.74, 6) is 0.986. The quantitative estimate of drug-likeness (QED) is 0.496. The van der Waals surface area contributed by atoms with Gasteiger partial charge in [-0.05, 0) is 67.8 Å². The van der Waals surface area contributed by atoms with Crippen LogP contribution in [-0.4, -0.2) is 29.8 Å². The van der Waals surface area contributed by atoms with Crippen molar-refractivity contribution in [3.8, 4) is 28.5 Å². The number of benzene rings is 2. The highest BCUT2D eigenvalue weighted by molar-refractivity contribution is 5.89. The molecule has 162 valence electrons. The molecule has 31 heavy (non-hydrogen) atoms. The van der Waals surface area contributed by atoms with Gasteiger partial charge in [-0.15, -0.1) is 0 Å². The Bertz CT molecular complexity index is 1080. The molecule has 0 aliphatic rings. The lowest BCUT2D eigenvalue weighted by atomic mass is 10.1. The highest BCUT2D eigenvalue weighted by Gasteiger charge is 2.17. The number of hydrogen-bond acceptors (Lipinski definition) is 5. The van der Waals surface area contributed by atoms with E-state index in [-0.39, 0.29) is 12.2 Å². The third-order valence-electron chi connectivity index (χ3n) is 4.84. The number of rotatable bonds is 9. The lowest BCUT2D eigenvalue weighted by Crippen LogP contribution is -2.09. The van der Waals surface area contributed by atoms with E-state index in [2.05, 4.69) is 4.98 Å². The van der Waals surface area contributed by atoms with Crippen LogP contribution in [0.4, 0.5) is 0 Å². The Kier molecular flexibility index (Phi) is 7.13. The van der Waals surface area contributed by atoms with Crippen LogP contribution >= 0.6 is 0 Å². The van der Waals surface area contributed by atoms with E-state index in [4.69, 9.17) is 14.2 Å². The summed E-state index contributed by atoms with van der Waals surface area (Å²) in [6, 6.07) is 14.6. The molecule has 2 aromatic carbocycles. The van der Waals surface area contributed by atoms with Gasteiger partial charge in [0.25, 0.3) is 0 Å². The molecule has 0 atom stereocenters. The summed E-state index contributed by atoms with van der Waals surface area (Å²) < 4.78 is 17.2. The molecule has 0 saturated carbocycles. The molecule has 0 bridgehead atoms. The Morgan fingerprint density at radius 3 is 2.52 bits per heavy atom. The van der Waals surface area contributed by atoms with Gasteiger partial charge in [-0.1, -0.05) is 19.1 Å². The van der Waals surface area contributed by atoms with Crippen LogP contribution in [0.5, 0.6) is 17.2 Å². The van der Waals surface area contributed by atoms with Crippen molar-refractivity contribution in [3.05, 3.63) is 70.9 Å². The first-order valence-electron chi connectivity index (χ1n) is 10.2. The van der Waals surface area contributed by atoms with Crippen LogP contribution in [0, 0.1) is 13.8 Å². The molecule has 0 unspecified atom stereocenters. The molecular formula is C25H27NO5. The standard InChI is InChI=1S/C25H27NO5/c1-5-12-30-23-11-8-18(29-4)14-20(23)21-10-9-19(25(27)28)22(26-21)15-31-24-13-16(2)6-7-17(24)3/h6-11,13-14H,5,12,15H2,1-4H3,(H,27,28). The van der Waals surface area contributed by atoms with E-state index < -0.39 is 5.97 Å². The number of pyridine rings is 1. The van der Waals surface area contributed by atoms with Crippen molar-refractivity contribution in [2.24, 2.45) is 0 Å². The van der Waals surface area contributed by atoms with E-state index in [0.717, 1.165) is 23.1 Å². The number of aromatic carboxylic acids is 1. The van der Waals surface area contributed by atoms with Crippen molar-refractivity contribution in [2.75, 3.05) is 13.7 Å². The van der Waals surface area contributed by atoms with E-state index in [1.165, 1.54) is 0 Å². The summed E-state index contributed by atoms with van der Waals surface area (Å²) in [5, 5.41) is 9.64. The van der Waals surface area contributed by atoms with E-state index in [9.17, 15) is 9.90 Å². The van der Waals surface area contributed by atoms with Gasteiger partial charge in [-0.25, -0.2) is 9.78 Å². The van der Waals surface area contributed by atoms with Crippen molar-refractivity contribution < 1.29 is 24.1 Å². The summed E-state index contributed by atoms with van der Waals surface area (Å²) in [7, 11) is 1.59. The molecule has 3 rings (SSSR count). The average Bonchev–Trinajstić information content (AvgIpc) is 2.77. The Balaban J connectivity index is 2.00. The molecule has 0 radical (unpaired) electrons. The number of methoxy groups -OCH3 is 1. The molecule has 3 aromatic rings. The molecule has 1 heterocycles. The van der Waals surface area contributed by atoms with E-state index >= 15 is 0 Å². The molecule has 0 saturated heterocycles. The number of nitrogens with zero attached hydrogens (tertiary/aromatic N) is 1. The van der Waals surface area contributed by atoms with Crippen molar-refractivity contribution >= 4 is 5.97 Å². The first-order valence-corrected chi connectivity index (χ1v) is 10.2. The number of aromatic nitrogens is 1. The second-order valence-electron chi connectivity index (χ2n) is 7.26. The van der Waals surface area contributed by atoms with E-state index in [1.54, 1.807) is 19.2 Å². The fraction of sp³-hybridized carbons (Fsp3) is 0.280. The molecule has 0 spiro atoms. The van der Waals surface area contributed by atoms with E-state index in [0.29, 0.717) is 35.2 Å². The summed E-state index contributed by atoms with van der Waals surface area (Å²) in [6.07, 6.45) is 0.867. The van der Waals surface area contributed by atoms with E-state index in [1.807, 2.05) is 57.2 Å².